The fraction of sp³-hybridized carbons (Fsp3) is 0.579. The molecule has 0 saturated heterocycles. The predicted molar refractivity (Wildman–Crippen MR) is 104 cm³/mol. The number of benzene rings is 1. The van der Waals surface area contributed by atoms with Crippen LogP contribution in [0, 0.1) is 0 Å². The molecule has 26 heavy (non-hydrogen) atoms. The van der Waals surface area contributed by atoms with Gasteiger partial charge in [-0.3, -0.25) is 4.79 Å². The lowest BCUT2D eigenvalue weighted by molar-refractivity contribution is -0.137. The first kappa shape index (κ1) is 22.2. The maximum atomic E-state index is 12.1. The quantitative estimate of drug-likeness (QED) is 0.627. The molecule has 0 saturated carbocycles. The van der Waals surface area contributed by atoms with E-state index in [0.29, 0.717) is 6.42 Å². The molecule has 1 aromatic rings. The summed E-state index contributed by atoms with van der Waals surface area (Å²) in [6.45, 7) is 11.1. The van der Waals surface area contributed by atoms with Crippen molar-refractivity contribution in [2.45, 2.75) is 64.4 Å². The Morgan fingerprint density at radius 1 is 1.19 bits per heavy atom. The molecule has 0 aromatic heterocycles. The summed E-state index contributed by atoms with van der Waals surface area (Å²) >= 11 is 0. The van der Waals surface area contributed by atoms with Crippen molar-refractivity contribution in [1.29, 1.82) is 0 Å². The van der Waals surface area contributed by atoms with Crippen LogP contribution in [0.15, 0.2) is 30.3 Å². The standard InChI is InChI=1S/C19H31NO5Si/c1-19(2,3)26(4,5)25-14-16(11-12-17(21)22)20-18(23)24-13-15-9-7-6-8-10-15/h6-10,16H,11-14H2,1-5H3,(H,20,23)(H,21,22)/t16-/m0/s1. The molecule has 1 aromatic carbocycles. The van der Waals surface area contributed by atoms with E-state index >= 15 is 0 Å². The highest BCUT2D eigenvalue weighted by Gasteiger charge is 2.37. The lowest BCUT2D eigenvalue weighted by Crippen LogP contribution is -2.46. The van der Waals surface area contributed by atoms with Crippen LogP contribution in [0.3, 0.4) is 0 Å². The van der Waals surface area contributed by atoms with Crippen molar-refractivity contribution in [1.82, 2.24) is 5.32 Å². The zero-order valence-electron chi connectivity index (χ0n) is 16.4. The SMILES string of the molecule is CC(C)(C)[Si](C)(C)OC[C@H](CCC(=O)O)NC(=O)OCc1ccccc1. The molecule has 1 amide bonds. The molecule has 0 aliphatic heterocycles. The molecule has 6 nitrogen and oxygen atoms in total. The van der Waals surface area contributed by atoms with E-state index in [-0.39, 0.29) is 24.7 Å². The first-order chi connectivity index (χ1) is 12.0. The van der Waals surface area contributed by atoms with Crippen LogP contribution in [0.25, 0.3) is 0 Å². The second-order valence-corrected chi connectivity index (χ2v) is 12.7. The average Bonchev–Trinajstić information content (AvgIpc) is 2.55. The van der Waals surface area contributed by atoms with Gasteiger partial charge in [0.1, 0.15) is 6.61 Å². The summed E-state index contributed by atoms with van der Waals surface area (Å²) in [6.07, 6.45) is -0.308. The minimum Gasteiger partial charge on any atom is -0.481 e. The van der Waals surface area contributed by atoms with Crippen LogP contribution in [-0.2, 0) is 20.6 Å². The molecule has 0 bridgehead atoms. The van der Waals surface area contributed by atoms with Gasteiger partial charge in [-0.05, 0) is 30.1 Å². The number of nitrogens with one attached hydrogen (secondary N) is 1. The number of hydrogen-bond donors (Lipinski definition) is 2. The zero-order chi connectivity index (χ0) is 19.8. The summed E-state index contributed by atoms with van der Waals surface area (Å²) in [5.41, 5.74) is 0.891. The Morgan fingerprint density at radius 2 is 1.81 bits per heavy atom. The van der Waals surface area contributed by atoms with Gasteiger partial charge in [0.15, 0.2) is 8.32 Å². The van der Waals surface area contributed by atoms with Crippen molar-refractivity contribution in [3.8, 4) is 0 Å². The number of aliphatic carboxylic acids is 1. The lowest BCUT2D eigenvalue weighted by Gasteiger charge is -2.37. The van der Waals surface area contributed by atoms with Crippen LogP contribution in [0.5, 0.6) is 0 Å². The molecule has 146 valence electrons. The first-order valence-corrected chi connectivity index (χ1v) is 11.7. The molecule has 0 unspecified atom stereocenters. The monoisotopic (exact) mass is 381 g/mol. The van der Waals surface area contributed by atoms with Gasteiger partial charge < -0.3 is 19.6 Å². The maximum absolute atomic E-state index is 12.1. The molecule has 7 heteroatoms. The Bertz CT molecular complexity index is 583. The Morgan fingerprint density at radius 3 is 2.35 bits per heavy atom. The summed E-state index contributed by atoms with van der Waals surface area (Å²) in [6, 6.07) is 8.98. The Hall–Kier alpha value is -1.86. The topological polar surface area (TPSA) is 84.9 Å². The highest BCUT2D eigenvalue weighted by atomic mass is 28.4. The van der Waals surface area contributed by atoms with Gasteiger partial charge in [-0.25, -0.2) is 4.79 Å². The van der Waals surface area contributed by atoms with Gasteiger partial charge in [-0.15, -0.1) is 0 Å². The number of rotatable bonds is 9. The van der Waals surface area contributed by atoms with Crippen LogP contribution in [0.1, 0.15) is 39.2 Å². The summed E-state index contributed by atoms with van der Waals surface area (Å²) in [4.78, 5) is 23.0. The summed E-state index contributed by atoms with van der Waals surface area (Å²) < 4.78 is 11.4. The van der Waals surface area contributed by atoms with Gasteiger partial charge in [0.05, 0.1) is 12.6 Å². The Kier molecular flexibility index (Phi) is 8.30. The van der Waals surface area contributed by atoms with Gasteiger partial charge in [0.2, 0.25) is 0 Å². The molecular formula is C19H31NO5Si. The minimum absolute atomic E-state index is 0.0372. The largest absolute Gasteiger partial charge is 0.481 e. The van der Waals surface area contributed by atoms with E-state index in [1.54, 1.807) is 0 Å². The van der Waals surface area contributed by atoms with Crippen LogP contribution < -0.4 is 5.32 Å². The molecular weight excluding hydrogens is 350 g/mol. The van der Waals surface area contributed by atoms with Gasteiger partial charge >= 0.3 is 12.1 Å². The zero-order valence-corrected chi connectivity index (χ0v) is 17.4. The lowest BCUT2D eigenvalue weighted by atomic mass is 10.2. The highest BCUT2D eigenvalue weighted by Crippen LogP contribution is 2.36. The normalized spacial score (nSPS) is 13.1. The van der Waals surface area contributed by atoms with E-state index in [4.69, 9.17) is 14.3 Å². The summed E-state index contributed by atoms with van der Waals surface area (Å²) in [5.74, 6) is -0.901. The molecule has 0 aliphatic rings. The van der Waals surface area contributed by atoms with Gasteiger partial charge in [0, 0.05) is 6.42 Å². The van der Waals surface area contributed by atoms with Crippen LogP contribution in [0.4, 0.5) is 4.79 Å². The van der Waals surface area contributed by atoms with Crippen molar-refractivity contribution in [2.75, 3.05) is 6.61 Å². The number of hydrogen-bond acceptors (Lipinski definition) is 4. The summed E-state index contributed by atoms with van der Waals surface area (Å²) in [5, 5.41) is 11.7. The molecule has 2 N–H and O–H groups in total. The van der Waals surface area contributed by atoms with E-state index in [0.717, 1.165) is 5.56 Å². The van der Waals surface area contributed by atoms with E-state index in [1.165, 1.54) is 0 Å². The number of carboxylic acid groups (broad SMARTS) is 1. The third kappa shape index (κ3) is 8.01. The highest BCUT2D eigenvalue weighted by molar-refractivity contribution is 6.74. The molecule has 0 fully saturated rings. The molecule has 1 atom stereocenters. The molecule has 0 heterocycles. The van der Waals surface area contributed by atoms with Crippen LogP contribution in [0.2, 0.25) is 18.1 Å². The predicted octanol–water partition coefficient (Wildman–Crippen LogP) is 4.17. The van der Waals surface area contributed by atoms with Crippen molar-refractivity contribution in [3.63, 3.8) is 0 Å². The smallest absolute Gasteiger partial charge is 0.407 e. The van der Waals surface area contributed by atoms with Crippen molar-refractivity contribution < 1.29 is 23.9 Å². The van der Waals surface area contributed by atoms with E-state index in [1.807, 2.05) is 30.3 Å². The fourth-order valence-electron chi connectivity index (χ4n) is 1.95. The molecule has 0 radical (unpaired) electrons. The van der Waals surface area contributed by atoms with Gasteiger partial charge in [-0.2, -0.15) is 0 Å². The maximum Gasteiger partial charge on any atom is 0.407 e. The summed E-state index contributed by atoms with van der Waals surface area (Å²) in [7, 11) is -1.99. The molecule has 0 spiro atoms. The van der Waals surface area contributed by atoms with Crippen molar-refractivity contribution in [3.05, 3.63) is 35.9 Å². The number of carbonyl (C=O) groups excluding carboxylic acids is 1. The fourth-order valence-corrected chi connectivity index (χ4v) is 3.00. The molecule has 1 rings (SSSR count). The number of amides is 1. The molecule has 0 aliphatic carbocycles. The van der Waals surface area contributed by atoms with Crippen molar-refractivity contribution >= 4 is 20.4 Å². The van der Waals surface area contributed by atoms with Crippen LogP contribution >= 0.6 is 0 Å². The first-order valence-electron chi connectivity index (χ1n) is 8.84. The second-order valence-electron chi connectivity index (χ2n) is 7.91. The number of carboxylic acids is 1. The third-order valence-corrected chi connectivity index (χ3v) is 9.19. The van der Waals surface area contributed by atoms with Gasteiger partial charge in [-0.1, -0.05) is 51.1 Å². The average molecular weight is 382 g/mol. The second kappa shape index (κ2) is 9.73. The van der Waals surface area contributed by atoms with Crippen LogP contribution in [-0.4, -0.2) is 38.1 Å². The van der Waals surface area contributed by atoms with Gasteiger partial charge in [0.25, 0.3) is 0 Å². The van der Waals surface area contributed by atoms with E-state index in [9.17, 15) is 9.59 Å². The van der Waals surface area contributed by atoms with E-state index in [2.05, 4.69) is 39.2 Å². The number of carbonyl (C=O) groups is 2. The third-order valence-electron chi connectivity index (χ3n) is 4.69. The number of alkyl carbamates (subject to hydrolysis) is 1. The number of ether oxygens (including phenoxy) is 1. The minimum atomic E-state index is -1.99. The Balaban J connectivity index is 2.58. The Labute approximate surface area is 157 Å². The van der Waals surface area contributed by atoms with E-state index < -0.39 is 26.4 Å². The van der Waals surface area contributed by atoms with Crippen molar-refractivity contribution in [2.24, 2.45) is 0 Å².